The summed E-state index contributed by atoms with van der Waals surface area (Å²) in [6.45, 7) is 0. The quantitative estimate of drug-likeness (QED) is 0.747. The minimum atomic E-state index is -0.121. The van der Waals surface area contributed by atoms with Gasteiger partial charge in [-0.2, -0.15) is 0 Å². The highest BCUT2D eigenvalue weighted by Gasteiger charge is 2.12. The van der Waals surface area contributed by atoms with Crippen molar-refractivity contribution < 1.29 is 4.74 Å². The monoisotopic (exact) mass is 417 g/mol. The van der Waals surface area contributed by atoms with Crippen LogP contribution in [-0.4, -0.2) is 7.11 Å². The summed E-state index contributed by atoms with van der Waals surface area (Å²) in [4.78, 5) is 0. The Morgan fingerprint density at radius 2 is 1.85 bits per heavy atom. The van der Waals surface area contributed by atoms with Crippen LogP contribution in [0.4, 0.5) is 0 Å². The van der Waals surface area contributed by atoms with Crippen molar-refractivity contribution in [3.8, 4) is 5.75 Å². The largest absolute Gasteiger partial charge is 0.497 e. The molecule has 0 amide bonds. The summed E-state index contributed by atoms with van der Waals surface area (Å²) in [5.74, 6) is 0.823. The van der Waals surface area contributed by atoms with E-state index in [1.165, 1.54) is 0 Å². The van der Waals surface area contributed by atoms with Crippen molar-refractivity contribution in [2.75, 3.05) is 7.11 Å². The number of rotatable bonds is 4. The summed E-state index contributed by atoms with van der Waals surface area (Å²) >= 11 is 13.0. The van der Waals surface area contributed by atoms with Crippen molar-refractivity contribution in [2.24, 2.45) is 5.73 Å². The van der Waals surface area contributed by atoms with Crippen LogP contribution < -0.4 is 10.5 Å². The number of ether oxygens (including phenoxy) is 1. The van der Waals surface area contributed by atoms with Gasteiger partial charge in [0.2, 0.25) is 0 Å². The second-order valence-corrected chi connectivity index (χ2v) is 6.56. The van der Waals surface area contributed by atoms with Gasteiger partial charge >= 0.3 is 0 Å². The predicted octanol–water partition coefficient (Wildman–Crippen LogP) is 5.12. The van der Waals surface area contributed by atoms with E-state index in [2.05, 4.69) is 31.9 Å². The normalized spacial score (nSPS) is 12.2. The molecule has 2 rings (SSSR count). The first-order chi connectivity index (χ1) is 9.51. The maximum absolute atomic E-state index is 6.27. The maximum Gasteiger partial charge on any atom is 0.119 e. The number of methoxy groups -OCH3 is 1. The summed E-state index contributed by atoms with van der Waals surface area (Å²) in [6, 6.07) is 11.5. The zero-order valence-corrected chi connectivity index (χ0v) is 14.8. The van der Waals surface area contributed by atoms with Gasteiger partial charge in [0.15, 0.2) is 0 Å². The van der Waals surface area contributed by atoms with Crippen molar-refractivity contribution in [2.45, 2.75) is 12.5 Å². The number of nitrogens with two attached hydrogens (primary N) is 1. The maximum atomic E-state index is 6.27. The molecule has 106 valence electrons. The van der Waals surface area contributed by atoms with Crippen LogP contribution in [0, 0.1) is 0 Å². The van der Waals surface area contributed by atoms with Crippen LogP contribution in [0.25, 0.3) is 0 Å². The lowest BCUT2D eigenvalue weighted by molar-refractivity contribution is 0.414. The number of halogens is 3. The summed E-state index contributed by atoms with van der Waals surface area (Å²) in [6.07, 6.45) is 0.704. The highest BCUT2D eigenvalue weighted by atomic mass is 79.9. The van der Waals surface area contributed by atoms with Gasteiger partial charge in [0, 0.05) is 15.0 Å². The molecule has 2 aromatic carbocycles. The zero-order valence-electron chi connectivity index (χ0n) is 10.9. The minimum absolute atomic E-state index is 0.121. The van der Waals surface area contributed by atoms with Crippen LogP contribution in [0.15, 0.2) is 45.3 Å². The van der Waals surface area contributed by atoms with Crippen LogP contribution in [0.3, 0.4) is 0 Å². The van der Waals surface area contributed by atoms with Crippen molar-refractivity contribution in [1.82, 2.24) is 0 Å². The van der Waals surface area contributed by atoms with Gasteiger partial charge in [-0.15, -0.1) is 0 Å². The van der Waals surface area contributed by atoms with Gasteiger partial charge in [0.05, 0.1) is 12.1 Å². The Labute approximate surface area is 140 Å². The molecule has 0 saturated carbocycles. The fourth-order valence-corrected chi connectivity index (χ4v) is 2.78. The van der Waals surface area contributed by atoms with Crippen molar-refractivity contribution in [1.29, 1.82) is 0 Å². The van der Waals surface area contributed by atoms with E-state index in [0.717, 1.165) is 25.8 Å². The third-order valence-electron chi connectivity index (χ3n) is 3.06. The van der Waals surface area contributed by atoms with E-state index in [1.807, 2.05) is 36.4 Å². The lowest BCUT2D eigenvalue weighted by Crippen LogP contribution is -2.13. The van der Waals surface area contributed by atoms with E-state index in [0.29, 0.717) is 11.4 Å². The van der Waals surface area contributed by atoms with E-state index in [4.69, 9.17) is 22.1 Å². The number of hydrogen-bond donors (Lipinski definition) is 1. The van der Waals surface area contributed by atoms with E-state index in [-0.39, 0.29) is 6.04 Å². The fraction of sp³-hybridized carbons (Fsp3) is 0.200. The molecule has 2 N–H and O–H groups in total. The first-order valence-electron chi connectivity index (χ1n) is 6.04. The van der Waals surface area contributed by atoms with Crippen molar-refractivity contribution >= 4 is 43.5 Å². The molecule has 0 aliphatic rings. The van der Waals surface area contributed by atoms with E-state index in [1.54, 1.807) is 7.11 Å². The molecule has 20 heavy (non-hydrogen) atoms. The standard InChI is InChI=1S/C15H14Br2ClNO/c1-20-11-3-5-12(16)10(6-11)8-15(19)9-2-4-13(17)14(18)7-9/h2-7,15H,8,19H2,1H3. The highest BCUT2D eigenvalue weighted by molar-refractivity contribution is 9.10. The summed E-state index contributed by atoms with van der Waals surface area (Å²) in [5.41, 5.74) is 8.39. The topological polar surface area (TPSA) is 35.2 Å². The third kappa shape index (κ3) is 3.76. The molecule has 5 heteroatoms. The van der Waals surface area contributed by atoms with Crippen LogP contribution in [0.1, 0.15) is 17.2 Å². The van der Waals surface area contributed by atoms with Gasteiger partial charge in [-0.25, -0.2) is 0 Å². The molecule has 0 aromatic heterocycles. The number of hydrogen-bond acceptors (Lipinski definition) is 2. The summed E-state index contributed by atoms with van der Waals surface area (Å²) < 4.78 is 7.14. The fourth-order valence-electron chi connectivity index (χ4n) is 1.93. The summed E-state index contributed by atoms with van der Waals surface area (Å²) in [5, 5.41) is 0.669. The molecule has 0 spiro atoms. The van der Waals surface area contributed by atoms with Gasteiger partial charge in [0.1, 0.15) is 5.75 Å². The lowest BCUT2D eigenvalue weighted by Gasteiger charge is -2.15. The van der Waals surface area contributed by atoms with Crippen molar-refractivity contribution in [3.05, 3.63) is 61.5 Å². The van der Waals surface area contributed by atoms with Crippen molar-refractivity contribution in [3.63, 3.8) is 0 Å². The molecule has 1 atom stereocenters. The van der Waals surface area contributed by atoms with E-state index < -0.39 is 0 Å². The molecule has 0 aliphatic heterocycles. The second kappa shape index (κ2) is 6.94. The van der Waals surface area contributed by atoms with Gasteiger partial charge in [-0.05, 0) is 63.8 Å². The molecule has 2 nitrogen and oxygen atoms in total. The first kappa shape index (κ1) is 15.8. The molecule has 2 aromatic rings. The van der Waals surface area contributed by atoms with Gasteiger partial charge in [0.25, 0.3) is 0 Å². The Hall–Kier alpha value is -0.550. The highest BCUT2D eigenvalue weighted by Crippen LogP contribution is 2.29. The van der Waals surface area contributed by atoms with Crippen LogP contribution in [-0.2, 0) is 6.42 Å². The SMILES string of the molecule is COc1ccc(Br)c(CC(N)c2ccc(Br)c(Cl)c2)c1. The zero-order chi connectivity index (χ0) is 14.7. The molecule has 1 unspecified atom stereocenters. The molecule has 0 fully saturated rings. The van der Waals surface area contributed by atoms with Gasteiger partial charge < -0.3 is 10.5 Å². The van der Waals surface area contributed by atoms with E-state index >= 15 is 0 Å². The average Bonchev–Trinajstić information content (AvgIpc) is 2.44. The Bertz CT molecular complexity index is 619. The predicted molar refractivity (Wildman–Crippen MR) is 90.5 cm³/mol. The average molecular weight is 420 g/mol. The van der Waals surface area contributed by atoms with Gasteiger partial charge in [-0.1, -0.05) is 33.6 Å². The Morgan fingerprint density at radius 3 is 2.50 bits per heavy atom. The van der Waals surface area contributed by atoms with E-state index in [9.17, 15) is 0 Å². The summed E-state index contributed by atoms with van der Waals surface area (Å²) in [7, 11) is 1.65. The first-order valence-corrected chi connectivity index (χ1v) is 8.00. The lowest BCUT2D eigenvalue weighted by atomic mass is 9.99. The molecule has 0 radical (unpaired) electrons. The van der Waals surface area contributed by atoms with Crippen LogP contribution >= 0.6 is 43.5 Å². The smallest absolute Gasteiger partial charge is 0.119 e. The van der Waals surface area contributed by atoms with Crippen LogP contribution in [0.2, 0.25) is 5.02 Å². The molecular weight excluding hydrogens is 405 g/mol. The molecular formula is C15H14Br2ClNO. The third-order valence-corrected chi connectivity index (χ3v) is 5.07. The van der Waals surface area contributed by atoms with Gasteiger partial charge in [-0.3, -0.25) is 0 Å². The van der Waals surface area contributed by atoms with Crippen LogP contribution in [0.5, 0.6) is 5.75 Å². The Balaban J connectivity index is 2.22. The molecule has 0 saturated heterocycles. The molecule has 0 heterocycles. The Morgan fingerprint density at radius 1 is 1.15 bits per heavy atom. The molecule has 0 aliphatic carbocycles. The molecule has 0 bridgehead atoms. The second-order valence-electron chi connectivity index (χ2n) is 4.44. The minimum Gasteiger partial charge on any atom is -0.497 e. The Kier molecular flexibility index (Phi) is 5.49. The number of benzene rings is 2.